The van der Waals surface area contributed by atoms with Gasteiger partial charge >= 0.3 is 5.97 Å². The van der Waals surface area contributed by atoms with Crippen LogP contribution >= 0.6 is 0 Å². The Balaban J connectivity index is 2.11. The number of aliphatic carboxylic acids is 1. The van der Waals surface area contributed by atoms with Crippen molar-refractivity contribution >= 4 is 5.97 Å². The van der Waals surface area contributed by atoms with Gasteiger partial charge in [-0.05, 0) is 13.3 Å². The monoisotopic (exact) mass is 288 g/mol. The molecule has 1 heterocycles. The number of nitrogens with zero attached hydrogens (tertiary/aromatic N) is 2. The second-order valence-corrected chi connectivity index (χ2v) is 5.10. The predicted octanol–water partition coefficient (Wildman–Crippen LogP) is 3.03. The minimum atomic E-state index is -0.835. The third kappa shape index (κ3) is 4.16. The highest BCUT2D eigenvalue weighted by Gasteiger charge is 2.18. The molecule has 0 fully saturated rings. The molecule has 21 heavy (non-hydrogen) atoms. The molecule has 112 valence electrons. The molecule has 0 aliphatic rings. The van der Waals surface area contributed by atoms with Crippen LogP contribution in [0.3, 0.4) is 0 Å². The quantitative estimate of drug-likeness (QED) is 0.848. The van der Waals surface area contributed by atoms with E-state index < -0.39 is 5.97 Å². The summed E-state index contributed by atoms with van der Waals surface area (Å²) in [5.41, 5.74) is 1.76. The smallest absolute Gasteiger partial charge is 0.317 e. The summed E-state index contributed by atoms with van der Waals surface area (Å²) < 4.78 is 5.34. The second kappa shape index (κ2) is 7.04. The van der Waals surface area contributed by atoms with Gasteiger partial charge in [-0.25, -0.2) is 0 Å². The van der Waals surface area contributed by atoms with Crippen LogP contribution in [0.2, 0.25) is 0 Å². The Morgan fingerprint density at radius 2 is 2.10 bits per heavy atom. The molecule has 5 heteroatoms. The molecule has 0 amide bonds. The molecule has 1 N–H and O–H groups in total. The normalized spacial score (nSPS) is 12.5. The summed E-state index contributed by atoms with van der Waals surface area (Å²) in [5.74, 6) is -0.159. The van der Waals surface area contributed by atoms with Crippen LogP contribution in [0.15, 0.2) is 40.9 Å². The van der Waals surface area contributed by atoms with Crippen LogP contribution in [0.1, 0.15) is 26.0 Å². The summed E-state index contributed by atoms with van der Waals surface area (Å²) in [6.45, 7) is 4.49. The Kier molecular flexibility index (Phi) is 5.11. The summed E-state index contributed by atoms with van der Waals surface area (Å²) in [4.78, 5) is 12.8. The molecule has 0 saturated carbocycles. The van der Waals surface area contributed by atoms with E-state index in [1.165, 1.54) is 0 Å². The average molecular weight is 288 g/mol. The Labute approximate surface area is 124 Å². The fourth-order valence-electron chi connectivity index (χ4n) is 2.13. The number of hydrogen-bond donors (Lipinski definition) is 1. The van der Waals surface area contributed by atoms with E-state index in [1.807, 2.05) is 55.1 Å². The third-order valence-electron chi connectivity index (χ3n) is 3.54. The highest BCUT2D eigenvalue weighted by molar-refractivity contribution is 5.69. The first-order valence-electron chi connectivity index (χ1n) is 7.07. The van der Waals surface area contributed by atoms with Gasteiger partial charge in [-0.3, -0.25) is 9.69 Å². The van der Waals surface area contributed by atoms with Crippen molar-refractivity contribution < 1.29 is 14.4 Å². The molecule has 0 aliphatic heterocycles. The van der Waals surface area contributed by atoms with Gasteiger partial charge in [0.25, 0.3) is 0 Å². The van der Waals surface area contributed by atoms with Gasteiger partial charge in [0, 0.05) is 17.7 Å². The van der Waals surface area contributed by atoms with E-state index >= 15 is 0 Å². The van der Waals surface area contributed by atoms with Gasteiger partial charge in [0.15, 0.2) is 5.76 Å². The molecule has 2 aromatic rings. The number of carbonyl (C=O) groups is 1. The molecule has 0 radical (unpaired) electrons. The Bertz CT molecular complexity index is 580. The Morgan fingerprint density at radius 1 is 1.38 bits per heavy atom. The van der Waals surface area contributed by atoms with Gasteiger partial charge in [0.2, 0.25) is 0 Å². The third-order valence-corrected chi connectivity index (χ3v) is 3.54. The first-order chi connectivity index (χ1) is 10.1. The Hall–Kier alpha value is -2.14. The van der Waals surface area contributed by atoms with Gasteiger partial charge in [-0.15, -0.1) is 0 Å². The van der Waals surface area contributed by atoms with Gasteiger partial charge < -0.3 is 9.63 Å². The highest BCUT2D eigenvalue weighted by atomic mass is 16.5. The van der Waals surface area contributed by atoms with Gasteiger partial charge in [0.05, 0.1) is 13.1 Å². The van der Waals surface area contributed by atoms with Crippen LogP contribution < -0.4 is 0 Å². The molecule has 0 aliphatic carbocycles. The van der Waals surface area contributed by atoms with Crippen molar-refractivity contribution in [1.29, 1.82) is 0 Å². The SMILES string of the molecule is CCC(C)N(CC(=O)O)Cc1cc(-c2ccccc2)no1. The summed E-state index contributed by atoms with van der Waals surface area (Å²) in [6.07, 6.45) is 0.882. The fraction of sp³-hybridized carbons (Fsp3) is 0.375. The van der Waals surface area contributed by atoms with Crippen molar-refractivity contribution in [3.05, 3.63) is 42.2 Å². The molecule has 5 nitrogen and oxygen atoms in total. The van der Waals surface area contributed by atoms with Crippen molar-refractivity contribution in [1.82, 2.24) is 10.1 Å². The number of hydrogen-bond acceptors (Lipinski definition) is 4. The molecule has 2 rings (SSSR count). The maximum absolute atomic E-state index is 11.0. The van der Waals surface area contributed by atoms with Crippen molar-refractivity contribution in [2.24, 2.45) is 0 Å². The topological polar surface area (TPSA) is 66.6 Å². The van der Waals surface area contributed by atoms with Crippen LogP contribution in [-0.2, 0) is 11.3 Å². The molecule has 0 spiro atoms. The lowest BCUT2D eigenvalue weighted by Gasteiger charge is -2.25. The molecule has 1 aromatic carbocycles. The number of benzene rings is 1. The predicted molar refractivity (Wildman–Crippen MR) is 79.7 cm³/mol. The van der Waals surface area contributed by atoms with Crippen LogP contribution in [0.25, 0.3) is 11.3 Å². The molecular weight excluding hydrogens is 268 g/mol. The average Bonchev–Trinajstić information content (AvgIpc) is 2.95. The zero-order valence-corrected chi connectivity index (χ0v) is 12.3. The lowest BCUT2D eigenvalue weighted by molar-refractivity contribution is -0.139. The van der Waals surface area contributed by atoms with Crippen LogP contribution in [0, 0.1) is 0 Å². The highest BCUT2D eigenvalue weighted by Crippen LogP contribution is 2.20. The molecule has 0 saturated heterocycles. The summed E-state index contributed by atoms with van der Waals surface area (Å²) in [6, 6.07) is 11.8. The summed E-state index contributed by atoms with van der Waals surface area (Å²) >= 11 is 0. The van der Waals surface area contributed by atoms with Crippen LogP contribution in [0.5, 0.6) is 0 Å². The van der Waals surface area contributed by atoms with E-state index in [9.17, 15) is 4.79 Å². The van der Waals surface area contributed by atoms with Crippen LogP contribution in [-0.4, -0.2) is 33.7 Å². The minimum Gasteiger partial charge on any atom is -0.480 e. The first-order valence-corrected chi connectivity index (χ1v) is 7.07. The van der Waals surface area contributed by atoms with Crippen LogP contribution in [0.4, 0.5) is 0 Å². The maximum Gasteiger partial charge on any atom is 0.317 e. The largest absolute Gasteiger partial charge is 0.480 e. The number of rotatable bonds is 7. The molecule has 1 atom stereocenters. The lowest BCUT2D eigenvalue weighted by atomic mass is 10.1. The van der Waals surface area contributed by atoms with E-state index in [0.29, 0.717) is 12.3 Å². The van der Waals surface area contributed by atoms with E-state index in [-0.39, 0.29) is 12.6 Å². The lowest BCUT2D eigenvalue weighted by Crippen LogP contribution is -2.36. The van der Waals surface area contributed by atoms with E-state index in [2.05, 4.69) is 5.16 Å². The van der Waals surface area contributed by atoms with Gasteiger partial charge in [0.1, 0.15) is 5.69 Å². The van der Waals surface area contributed by atoms with E-state index in [4.69, 9.17) is 9.63 Å². The zero-order valence-electron chi connectivity index (χ0n) is 12.3. The number of carboxylic acids is 1. The first kappa shape index (κ1) is 15.3. The summed E-state index contributed by atoms with van der Waals surface area (Å²) in [7, 11) is 0. The van der Waals surface area contributed by atoms with Gasteiger partial charge in [-0.2, -0.15) is 0 Å². The molecule has 1 unspecified atom stereocenters. The van der Waals surface area contributed by atoms with Crippen molar-refractivity contribution in [2.45, 2.75) is 32.9 Å². The Morgan fingerprint density at radius 3 is 2.71 bits per heavy atom. The maximum atomic E-state index is 11.0. The summed E-state index contributed by atoms with van der Waals surface area (Å²) in [5, 5.41) is 13.1. The molecule has 1 aromatic heterocycles. The second-order valence-electron chi connectivity index (χ2n) is 5.10. The number of carboxylic acid groups (broad SMARTS) is 1. The number of aromatic nitrogens is 1. The van der Waals surface area contributed by atoms with Crippen molar-refractivity contribution in [3.8, 4) is 11.3 Å². The molecular formula is C16H20N2O3. The van der Waals surface area contributed by atoms with Crippen molar-refractivity contribution in [2.75, 3.05) is 6.54 Å². The standard InChI is InChI=1S/C16H20N2O3/c1-3-12(2)18(11-16(19)20)10-14-9-15(17-21-14)13-7-5-4-6-8-13/h4-9,12H,3,10-11H2,1-2H3,(H,19,20). The van der Waals surface area contributed by atoms with Gasteiger partial charge in [-0.1, -0.05) is 42.4 Å². The molecule has 0 bridgehead atoms. The van der Waals surface area contributed by atoms with E-state index in [1.54, 1.807) is 0 Å². The minimum absolute atomic E-state index is 0.00359. The van der Waals surface area contributed by atoms with Crippen molar-refractivity contribution in [3.63, 3.8) is 0 Å². The fourth-order valence-corrected chi connectivity index (χ4v) is 2.13. The van der Waals surface area contributed by atoms with E-state index in [0.717, 1.165) is 17.7 Å². The zero-order chi connectivity index (χ0) is 15.2.